The maximum atomic E-state index is 8.57. The summed E-state index contributed by atoms with van der Waals surface area (Å²) in [4.78, 5) is 6.96. The van der Waals surface area contributed by atoms with Crippen molar-refractivity contribution in [3.05, 3.63) is 41.9 Å². The number of allylic oxidation sites excluding steroid dienone is 1. The van der Waals surface area contributed by atoms with Crippen LogP contribution in [0.2, 0.25) is 0 Å². The smallest absolute Gasteiger partial charge is 0.106 e. The zero-order chi connectivity index (χ0) is 17.0. The van der Waals surface area contributed by atoms with E-state index in [9.17, 15) is 0 Å². The van der Waals surface area contributed by atoms with Gasteiger partial charge in [0.05, 0.1) is 11.0 Å². The van der Waals surface area contributed by atoms with Crippen LogP contribution < -0.4 is 5.48 Å². The van der Waals surface area contributed by atoms with E-state index in [1.54, 1.807) is 0 Å². The number of hydrogen-bond acceptors (Lipinski definition) is 4. The van der Waals surface area contributed by atoms with E-state index in [0.29, 0.717) is 0 Å². The van der Waals surface area contributed by atoms with Gasteiger partial charge in [0.1, 0.15) is 5.82 Å². The van der Waals surface area contributed by atoms with E-state index in [1.807, 2.05) is 11.6 Å². The Morgan fingerprint density at radius 3 is 2.74 bits per heavy atom. The second-order valence-corrected chi connectivity index (χ2v) is 7.21. The first kappa shape index (κ1) is 17.5. The lowest BCUT2D eigenvalue weighted by Crippen LogP contribution is -2.32. The predicted octanol–water partition coefficient (Wildman–Crippen LogP) is 2.97. The van der Waals surface area contributed by atoms with E-state index in [2.05, 4.69) is 62.5 Å². The first-order valence-corrected chi connectivity index (χ1v) is 7.97. The summed E-state index contributed by atoms with van der Waals surface area (Å²) in [5.41, 5.74) is 5.60. The molecule has 0 saturated heterocycles. The molecule has 2 rings (SSSR count). The van der Waals surface area contributed by atoms with Gasteiger partial charge in [0, 0.05) is 19.3 Å². The summed E-state index contributed by atoms with van der Waals surface area (Å²) in [5.74, 6) is 1.05. The second-order valence-electron chi connectivity index (χ2n) is 7.21. The number of aromatic nitrogens is 2. The highest BCUT2D eigenvalue weighted by molar-refractivity contribution is 5.77. The Hall–Kier alpha value is -1.85. The average Bonchev–Trinajstić information content (AvgIpc) is 2.73. The highest BCUT2D eigenvalue weighted by Gasteiger charge is 2.22. The van der Waals surface area contributed by atoms with Crippen molar-refractivity contribution in [2.24, 2.45) is 5.41 Å². The summed E-state index contributed by atoms with van der Waals surface area (Å²) in [6.45, 7) is 8.63. The molecule has 1 heterocycles. The van der Waals surface area contributed by atoms with Crippen molar-refractivity contribution in [2.45, 2.75) is 33.7 Å². The summed E-state index contributed by atoms with van der Waals surface area (Å²) in [6.07, 6.45) is 4.17. The van der Waals surface area contributed by atoms with Crippen LogP contribution in [0.1, 0.15) is 25.2 Å². The Labute approximate surface area is 138 Å². The minimum absolute atomic E-state index is 0.177. The van der Waals surface area contributed by atoms with E-state index >= 15 is 0 Å². The van der Waals surface area contributed by atoms with Crippen LogP contribution in [0.15, 0.2) is 30.5 Å². The van der Waals surface area contributed by atoms with Gasteiger partial charge in [0.25, 0.3) is 0 Å². The van der Waals surface area contributed by atoms with E-state index in [-0.39, 0.29) is 5.41 Å². The topological polar surface area (TPSA) is 53.3 Å². The molecule has 0 atom stereocenters. The van der Waals surface area contributed by atoms with E-state index in [1.165, 1.54) is 17.3 Å². The Bertz CT molecular complexity index is 686. The number of benzene rings is 1. The molecule has 0 fully saturated rings. The first-order valence-electron chi connectivity index (χ1n) is 7.97. The second kappa shape index (κ2) is 7.15. The summed E-state index contributed by atoms with van der Waals surface area (Å²) < 4.78 is 2.31. The Morgan fingerprint density at radius 2 is 2.09 bits per heavy atom. The molecule has 0 aliphatic carbocycles. The van der Waals surface area contributed by atoms with Gasteiger partial charge in [-0.05, 0) is 50.6 Å². The van der Waals surface area contributed by atoms with Crippen LogP contribution in [0.4, 0.5) is 0 Å². The molecule has 0 bridgehead atoms. The molecule has 0 saturated carbocycles. The van der Waals surface area contributed by atoms with Crippen molar-refractivity contribution in [3.8, 4) is 0 Å². The molecule has 1 aromatic carbocycles. The summed E-state index contributed by atoms with van der Waals surface area (Å²) >= 11 is 0. The standard InChI is InChI=1S/C18H28N4O/c1-14-20-16-11-15(7-6-10-19-23)8-9-17(16)22(14)13-18(2,3)12-21(4)5/h6,8-11,19,23H,7,12-13H2,1-5H3/b10-6+. The number of aryl methyl sites for hydroxylation is 1. The van der Waals surface area contributed by atoms with Crippen molar-refractivity contribution in [1.82, 2.24) is 19.9 Å². The van der Waals surface area contributed by atoms with Gasteiger partial charge in [-0.1, -0.05) is 26.0 Å². The van der Waals surface area contributed by atoms with Gasteiger partial charge in [-0.25, -0.2) is 4.98 Å². The minimum Gasteiger partial charge on any atom is -0.328 e. The monoisotopic (exact) mass is 316 g/mol. The number of rotatable bonds is 7. The minimum atomic E-state index is 0.177. The zero-order valence-corrected chi connectivity index (χ0v) is 14.8. The Balaban J connectivity index is 2.28. The van der Waals surface area contributed by atoms with Crippen molar-refractivity contribution >= 4 is 11.0 Å². The lowest BCUT2D eigenvalue weighted by Gasteiger charge is -2.29. The fraction of sp³-hybridized carbons (Fsp3) is 0.500. The van der Waals surface area contributed by atoms with Gasteiger partial charge in [0.2, 0.25) is 0 Å². The maximum absolute atomic E-state index is 8.57. The number of nitrogens with zero attached hydrogens (tertiary/aromatic N) is 3. The van der Waals surface area contributed by atoms with Crippen LogP contribution in [-0.2, 0) is 13.0 Å². The maximum Gasteiger partial charge on any atom is 0.106 e. The Morgan fingerprint density at radius 1 is 1.35 bits per heavy atom. The molecule has 1 aromatic heterocycles. The van der Waals surface area contributed by atoms with E-state index in [4.69, 9.17) is 10.2 Å². The highest BCUT2D eigenvalue weighted by atomic mass is 16.5. The van der Waals surface area contributed by atoms with Gasteiger partial charge in [0.15, 0.2) is 0 Å². The summed E-state index contributed by atoms with van der Waals surface area (Å²) in [5, 5.41) is 8.57. The fourth-order valence-electron chi connectivity index (χ4n) is 3.20. The average molecular weight is 316 g/mol. The molecule has 0 aliphatic rings. The molecule has 0 amide bonds. The first-order chi connectivity index (χ1) is 10.8. The number of fused-ring (bicyclic) bond motifs is 1. The Kier molecular flexibility index (Phi) is 5.44. The van der Waals surface area contributed by atoms with Gasteiger partial charge in [-0.2, -0.15) is 0 Å². The van der Waals surface area contributed by atoms with Gasteiger partial charge in [-0.3, -0.25) is 10.7 Å². The van der Waals surface area contributed by atoms with Crippen LogP contribution in [0.25, 0.3) is 11.0 Å². The number of hydroxylamine groups is 1. The largest absolute Gasteiger partial charge is 0.328 e. The molecular formula is C18H28N4O. The van der Waals surface area contributed by atoms with Crippen LogP contribution in [0, 0.1) is 12.3 Å². The van der Waals surface area contributed by atoms with Crippen LogP contribution in [0.5, 0.6) is 0 Å². The molecule has 23 heavy (non-hydrogen) atoms. The summed E-state index contributed by atoms with van der Waals surface area (Å²) in [7, 11) is 4.23. The number of hydrogen-bond donors (Lipinski definition) is 2. The molecule has 126 valence electrons. The third kappa shape index (κ3) is 4.56. The molecule has 0 aliphatic heterocycles. The van der Waals surface area contributed by atoms with Gasteiger partial charge in [-0.15, -0.1) is 0 Å². The normalized spacial score (nSPS) is 12.7. The molecule has 0 radical (unpaired) electrons. The molecule has 5 nitrogen and oxygen atoms in total. The molecule has 2 aromatic rings. The third-order valence-electron chi connectivity index (χ3n) is 3.88. The van der Waals surface area contributed by atoms with Gasteiger partial charge >= 0.3 is 0 Å². The van der Waals surface area contributed by atoms with Crippen molar-refractivity contribution in [1.29, 1.82) is 0 Å². The van der Waals surface area contributed by atoms with Crippen LogP contribution >= 0.6 is 0 Å². The SMILES string of the molecule is Cc1nc2cc(C/C=C/NO)ccc2n1CC(C)(C)CN(C)C. The molecular weight excluding hydrogens is 288 g/mol. The van der Waals surface area contributed by atoms with Crippen LogP contribution in [0.3, 0.4) is 0 Å². The number of nitrogens with one attached hydrogen (secondary N) is 1. The number of imidazole rings is 1. The van der Waals surface area contributed by atoms with E-state index < -0.39 is 0 Å². The van der Waals surface area contributed by atoms with Crippen molar-refractivity contribution in [3.63, 3.8) is 0 Å². The van der Waals surface area contributed by atoms with Crippen molar-refractivity contribution in [2.75, 3.05) is 20.6 Å². The predicted molar refractivity (Wildman–Crippen MR) is 94.6 cm³/mol. The highest BCUT2D eigenvalue weighted by Crippen LogP contribution is 2.25. The lowest BCUT2D eigenvalue weighted by atomic mass is 9.92. The fourth-order valence-corrected chi connectivity index (χ4v) is 3.20. The third-order valence-corrected chi connectivity index (χ3v) is 3.88. The molecule has 5 heteroatoms. The van der Waals surface area contributed by atoms with Crippen molar-refractivity contribution < 1.29 is 5.21 Å². The lowest BCUT2D eigenvalue weighted by molar-refractivity contribution is 0.212. The molecule has 0 unspecified atom stereocenters. The summed E-state index contributed by atoms with van der Waals surface area (Å²) in [6, 6.07) is 6.40. The molecule has 0 spiro atoms. The van der Waals surface area contributed by atoms with Crippen LogP contribution in [-0.4, -0.2) is 40.3 Å². The molecule has 2 N–H and O–H groups in total. The van der Waals surface area contributed by atoms with Gasteiger partial charge < -0.3 is 9.47 Å². The zero-order valence-electron chi connectivity index (χ0n) is 14.8. The quantitative estimate of drug-likeness (QED) is 0.771. The van der Waals surface area contributed by atoms with E-state index in [0.717, 1.165) is 30.9 Å².